The number of hydrogen-bond acceptors (Lipinski definition) is 1. The van der Waals surface area contributed by atoms with Crippen LogP contribution in [0.3, 0.4) is 0 Å². The normalized spacial score (nSPS) is 12.9. The Morgan fingerprint density at radius 2 is 0.868 bits per heavy atom. The zero-order valence-corrected chi connectivity index (χ0v) is 21.0. The Morgan fingerprint density at radius 1 is 0.368 bits per heavy atom. The van der Waals surface area contributed by atoms with Crippen LogP contribution in [0.5, 0.6) is 0 Å². The molecule has 0 saturated heterocycles. The van der Waals surface area contributed by atoms with E-state index in [9.17, 15) is 0 Å². The van der Waals surface area contributed by atoms with Gasteiger partial charge in [-0.05, 0) is 74.8 Å². The highest BCUT2D eigenvalue weighted by Gasteiger charge is 2.45. The van der Waals surface area contributed by atoms with E-state index in [1.165, 1.54) is 44.5 Å². The molecular weight excluding hydrogens is 458 g/mol. The Labute approximate surface area is 224 Å². The van der Waals surface area contributed by atoms with Gasteiger partial charge in [0.2, 0.25) is 0 Å². The van der Waals surface area contributed by atoms with Crippen LogP contribution in [0.25, 0.3) is 22.3 Å². The molecule has 0 bridgehead atoms. The summed E-state index contributed by atoms with van der Waals surface area (Å²) < 4.78 is 0. The van der Waals surface area contributed by atoms with E-state index in [-0.39, 0.29) is 5.41 Å². The van der Waals surface area contributed by atoms with Crippen LogP contribution in [0, 0.1) is 0 Å². The van der Waals surface area contributed by atoms with Crippen LogP contribution in [0.4, 0.5) is 11.4 Å². The monoisotopic (exact) mass is 485 g/mol. The second-order valence-corrected chi connectivity index (χ2v) is 9.86. The summed E-state index contributed by atoms with van der Waals surface area (Å²) in [7, 11) is 0. The van der Waals surface area contributed by atoms with Crippen molar-refractivity contribution < 1.29 is 0 Å². The van der Waals surface area contributed by atoms with Crippen LogP contribution in [0.2, 0.25) is 0 Å². The number of rotatable bonds is 5. The smallest absolute Gasteiger partial charge is 0.0713 e. The number of nitrogens with one attached hydrogen (secondary N) is 1. The molecule has 0 atom stereocenters. The number of benzene rings is 6. The van der Waals surface area contributed by atoms with E-state index >= 15 is 0 Å². The minimum Gasteiger partial charge on any atom is -0.356 e. The first-order valence-corrected chi connectivity index (χ1v) is 13.1. The van der Waals surface area contributed by atoms with E-state index in [4.69, 9.17) is 0 Å². The maximum absolute atomic E-state index is 3.54. The van der Waals surface area contributed by atoms with Gasteiger partial charge in [-0.15, -0.1) is 0 Å². The van der Waals surface area contributed by atoms with Crippen molar-refractivity contribution in [2.45, 2.75) is 5.41 Å². The van der Waals surface area contributed by atoms with Gasteiger partial charge in [-0.1, -0.05) is 127 Å². The molecule has 6 aromatic rings. The molecule has 0 radical (unpaired) electrons. The molecule has 6 aromatic carbocycles. The van der Waals surface area contributed by atoms with Gasteiger partial charge in [-0.3, -0.25) is 0 Å². The largest absolute Gasteiger partial charge is 0.356 e. The molecule has 0 heterocycles. The van der Waals surface area contributed by atoms with Gasteiger partial charge in [0.25, 0.3) is 0 Å². The quantitative estimate of drug-likeness (QED) is 0.256. The Morgan fingerprint density at radius 3 is 1.55 bits per heavy atom. The third kappa shape index (κ3) is 3.55. The Balaban J connectivity index is 1.42. The number of fused-ring (bicyclic) bond motifs is 3. The second-order valence-electron chi connectivity index (χ2n) is 9.86. The van der Waals surface area contributed by atoms with Gasteiger partial charge in [0.15, 0.2) is 0 Å². The van der Waals surface area contributed by atoms with Crippen molar-refractivity contribution in [1.29, 1.82) is 0 Å². The first-order valence-electron chi connectivity index (χ1n) is 13.1. The third-order valence-electron chi connectivity index (χ3n) is 7.71. The Bertz CT molecular complexity index is 1690. The molecule has 1 nitrogen and oxygen atoms in total. The molecular formula is C37H27N. The standard InChI is InChI=1S/C37H27N/c1-3-15-29(16-4-1)37(35-23-9-7-21-33(35)34-22-8-10-24-36(34)37)30-17-11-13-27(25-30)28-14-12-20-32(26-28)38-31-18-5-2-6-19-31/h1-26,38H. The third-order valence-corrected chi connectivity index (χ3v) is 7.71. The molecule has 38 heavy (non-hydrogen) atoms. The molecule has 1 aliphatic carbocycles. The first-order chi connectivity index (χ1) is 18.8. The van der Waals surface area contributed by atoms with E-state index in [2.05, 4.69) is 157 Å². The number of para-hydroxylation sites is 1. The fourth-order valence-corrected chi connectivity index (χ4v) is 6.11. The molecule has 1 heteroatoms. The minimum atomic E-state index is -0.385. The van der Waals surface area contributed by atoms with Gasteiger partial charge < -0.3 is 5.32 Å². The molecule has 0 unspecified atom stereocenters. The lowest BCUT2D eigenvalue weighted by Gasteiger charge is -2.34. The van der Waals surface area contributed by atoms with Gasteiger partial charge in [-0.25, -0.2) is 0 Å². The molecule has 0 spiro atoms. The fraction of sp³-hybridized carbons (Fsp3) is 0.0270. The molecule has 0 aliphatic heterocycles. The van der Waals surface area contributed by atoms with E-state index in [0.29, 0.717) is 0 Å². The summed E-state index contributed by atoms with van der Waals surface area (Å²) in [5.74, 6) is 0. The number of anilines is 2. The zero-order valence-electron chi connectivity index (χ0n) is 21.0. The molecule has 1 N–H and O–H groups in total. The lowest BCUT2D eigenvalue weighted by atomic mass is 9.67. The molecule has 0 amide bonds. The lowest BCUT2D eigenvalue weighted by molar-refractivity contribution is 0.769. The molecule has 7 rings (SSSR count). The second kappa shape index (κ2) is 9.21. The van der Waals surface area contributed by atoms with Crippen LogP contribution >= 0.6 is 0 Å². The van der Waals surface area contributed by atoms with Gasteiger partial charge >= 0.3 is 0 Å². The highest BCUT2D eigenvalue weighted by Crippen LogP contribution is 2.56. The van der Waals surface area contributed by atoms with Crippen molar-refractivity contribution in [3.8, 4) is 22.3 Å². The predicted octanol–water partition coefficient (Wildman–Crippen LogP) is 9.46. The van der Waals surface area contributed by atoms with Crippen LogP contribution < -0.4 is 5.32 Å². The van der Waals surface area contributed by atoms with E-state index in [0.717, 1.165) is 11.4 Å². The Kier molecular flexibility index (Phi) is 5.41. The summed E-state index contributed by atoms with van der Waals surface area (Å²) in [6.45, 7) is 0. The molecule has 180 valence electrons. The van der Waals surface area contributed by atoms with Crippen molar-refractivity contribution in [3.05, 3.63) is 180 Å². The van der Waals surface area contributed by atoms with E-state index in [1.807, 2.05) is 6.07 Å². The maximum Gasteiger partial charge on any atom is 0.0713 e. The van der Waals surface area contributed by atoms with E-state index in [1.54, 1.807) is 0 Å². The molecule has 0 saturated carbocycles. The summed E-state index contributed by atoms with van der Waals surface area (Å²) in [5, 5.41) is 3.54. The van der Waals surface area contributed by atoms with Gasteiger partial charge in [-0.2, -0.15) is 0 Å². The maximum atomic E-state index is 3.54. The zero-order chi connectivity index (χ0) is 25.4. The van der Waals surface area contributed by atoms with Gasteiger partial charge in [0, 0.05) is 11.4 Å². The summed E-state index contributed by atoms with van der Waals surface area (Å²) >= 11 is 0. The van der Waals surface area contributed by atoms with E-state index < -0.39 is 0 Å². The van der Waals surface area contributed by atoms with Gasteiger partial charge in [0.05, 0.1) is 5.41 Å². The first kappa shape index (κ1) is 22.3. The summed E-state index contributed by atoms with van der Waals surface area (Å²) in [5.41, 5.74) is 12.0. The Hall–Kier alpha value is -4.88. The molecule has 1 aliphatic rings. The van der Waals surface area contributed by atoms with Crippen molar-refractivity contribution in [2.75, 3.05) is 5.32 Å². The van der Waals surface area contributed by atoms with Crippen molar-refractivity contribution in [1.82, 2.24) is 0 Å². The summed E-state index contributed by atoms with van der Waals surface area (Å²) in [6, 6.07) is 56.8. The highest BCUT2D eigenvalue weighted by molar-refractivity contribution is 5.86. The summed E-state index contributed by atoms with van der Waals surface area (Å²) in [4.78, 5) is 0. The fourth-order valence-electron chi connectivity index (χ4n) is 6.11. The van der Waals surface area contributed by atoms with Crippen molar-refractivity contribution >= 4 is 11.4 Å². The van der Waals surface area contributed by atoms with Crippen LogP contribution in [0.15, 0.2) is 158 Å². The lowest BCUT2D eigenvalue weighted by Crippen LogP contribution is -2.28. The summed E-state index contributed by atoms with van der Waals surface area (Å²) in [6.07, 6.45) is 0. The average molecular weight is 486 g/mol. The average Bonchev–Trinajstić information content (AvgIpc) is 3.30. The molecule has 0 fully saturated rings. The predicted molar refractivity (Wildman–Crippen MR) is 159 cm³/mol. The highest BCUT2D eigenvalue weighted by atomic mass is 14.9. The molecule has 0 aromatic heterocycles. The number of hydrogen-bond donors (Lipinski definition) is 1. The topological polar surface area (TPSA) is 12.0 Å². The minimum absolute atomic E-state index is 0.385. The van der Waals surface area contributed by atoms with Gasteiger partial charge in [0.1, 0.15) is 0 Å². The van der Waals surface area contributed by atoms with Crippen LogP contribution in [-0.4, -0.2) is 0 Å². The van der Waals surface area contributed by atoms with Crippen LogP contribution in [-0.2, 0) is 5.41 Å². The van der Waals surface area contributed by atoms with Crippen LogP contribution in [0.1, 0.15) is 22.3 Å². The van der Waals surface area contributed by atoms with Crippen molar-refractivity contribution in [3.63, 3.8) is 0 Å². The SMILES string of the molecule is c1ccc(Nc2cccc(-c3cccc(C4(c5ccccc5)c5ccccc5-c5ccccc54)c3)c2)cc1. The van der Waals surface area contributed by atoms with Crippen molar-refractivity contribution in [2.24, 2.45) is 0 Å².